The standard InChI is InChI=1S/C25H25F2N5O4S/c26-19-10-22(27)25(30-12-19)18-8-16(1-3-31-37(33)34)7-17(9-18)23-14-29-24-11-20(2-5-32(23)24)36-15-21-13-28-4-6-35-21/h2,5,7-12,14,21,28,31H,1,3-4,6,13,15H2,(H,33,34)/p-1/t21-/m0/s1. The summed E-state index contributed by atoms with van der Waals surface area (Å²) in [5.41, 5.74) is 3.26. The van der Waals surface area contributed by atoms with Gasteiger partial charge in [0.05, 0.1) is 24.7 Å². The number of imidazole rings is 1. The number of aromatic nitrogens is 3. The molecule has 3 aromatic heterocycles. The van der Waals surface area contributed by atoms with Gasteiger partial charge < -0.3 is 19.3 Å². The highest BCUT2D eigenvalue weighted by atomic mass is 32.2. The number of ether oxygens (including phenoxy) is 2. The minimum Gasteiger partial charge on any atom is -0.760 e. The maximum atomic E-state index is 14.6. The Kier molecular flexibility index (Phi) is 7.82. The molecule has 1 fully saturated rings. The summed E-state index contributed by atoms with van der Waals surface area (Å²) in [4.78, 5) is 8.44. The van der Waals surface area contributed by atoms with Gasteiger partial charge in [0, 0.05) is 60.4 Å². The lowest BCUT2D eigenvalue weighted by Crippen LogP contribution is -2.41. The second-order valence-corrected chi connectivity index (χ2v) is 9.28. The minimum absolute atomic E-state index is 0.00575. The number of fused-ring (bicyclic) bond motifs is 1. The smallest absolute Gasteiger partial charge is 0.152 e. The number of nitrogens with zero attached hydrogens (tertiary/aromatic N) is 3. The fourth-order valence-corrected chi connectivity index (χ4v) is 4.48. The van der Waals surface area contributed by atoms with E-state index in [9.17, 15) is 17.5 Å². The zero-order valence-corrected chi connectivity index (χ0v) is 20.5. The van der Waals surface area contributed by atoms with Crippen molar-refractivity contribution in [2.24, 2.45) is 0 Å². The summed E-state index contributed by atoms with van der Waals surface area (Å²) in [6, 6.07) is 9.75. The number of halogens is 2. The average molecular weight is 529 g/mol. The third-order valence-corrected chi connectivity index (χ3v) is 6.37. The molecular weight excluding hydrogens is 504 g/mol. The average Bonchev–Trinajstić information content (AvgIpc) is 3.31. The van der Waals surface area contributed by atoms with Crippen LogP contribution in [0.4, 0.5) is 8.78 Å². The van der Waals surface area contributed by atoms with Crippen molar-refractivity contribution in [2.45, 2.75) is 12.5 Å². The maximum Gasteiger partial charge on any atom is 0.152 e. The summed E-state index contributed by atoms with van der Waals surface area (Å²) in [5, 5.41) is 3.26. The molecule has 5 rings (SSSR count). The topological polar surface area (TPSA) is 113 Å². The Hall–Kier alpha value is -3.29. The predicted molar refractivity (Wildman–Crippen MR) is 133 cm³/mol. The Morgan fingerprint density at radius 2 is 2.05 bits per heavy atom. The molecule has 1 unspecified atom stereocenters. The second kappa shape index (κ2) is 11.4. The molecule has 1 aromatic carbocycles. The van der Waals surface area contributed by atoms with E-state index in [1.807, 2.05) is 28.8 Å². The van der Waals surface area contributed by atoms with Crippen LogP contribution in [0.3, 0.4) is 0 Å². The van der Waals surface area contributed by atoms with E-state index < -0.39 is 22.9 Å². The zero-order chi connectivity index (χ0) is 25.8. The van der Waals surface area contributed by atoms with Crippen LogP contribution in [0.1, 0.15) is 5.56 Å². The molecule has 0 radical (unpaired) electrons. The Labute approximate surface area is 214 Å². The predicted octanol–water partition coefficient (Wildman–Crippen LogP) is 2.63. The largest absolute Gasteiger partial charge is 0.760 e. The van der Waals surface area contributed by atoms with Crippen molar-refractivity contribution in [1.82, 2.24) is 24.4 Å². The third-order valence-electron chi connectivity index (χ3n) is 5.93. The van der Waals surface area contributed by atoms with Gasteiger partial charge >= 0.3 is 0 Å². The molecule has 194 valence electrons. The molecule has 4 heterocycles. The number of benzene rings is 1. The number of nitrogens with one attached hydrogen (secondary N) is 2. The van der Waals surface area contributed by atoms with Crippen LogP contribution in [0.15, 0.2) is 55.0 Å². The first-order valence-electron chi connectivity index (χ1n) is 11.7. The van der Waals surface area contributed by atoms with Crippen LogP contribution in [0.5, 0.6) is 5.75 Å². The lowest BCUT2D eigenvalue weighted by atomic mass is 9.99. The van der Waals surface area contributed by atoms with Crippen LogP contribution in [0, 0.1) is 11.6 Å². The van der Waals surface area contributed by atoms with Crippen LogP contribution in [-0.4, -0.2) is 62.1 Å². The summed E-state index contributed by atoms with van der Waals surface area (Å²) >= 11 is -2.40. The fraction of sp³-hybridized carbons (Fsp3) is 0.280. The van der Waals surface area contributed by atoms with Gasteiger partial charge in [-0.15, -0.1) is 0 Å². The van der Waals surface area contributed by atoms with Crippen molar-refractivity contribution >= 4 is 16.9 Å². The van der Waals surface area contributed by atoms with Crippen LogP contribution in [0.2, 0.25) is 0 Å². The van der Waals surface area contributed by atoms with Crippen molar-refractivity contribution in [2.75, 3.05) is 32.8 Å². The molecule has 2 atom stereocenters. The second-order valence-electron chi connectivity index (χ2n) is 8.52. The summed E-state index contributed by atoms with van der Waals surface area (Å²) in [6.45, 7) is 2.80. The van der Waals surface area contributed by atoms with E-state index in [1.165, 1.54) is 0 Å². The first-order valence-corrected chi connectivity index (χ1v) is 12.7. The molecule has 0 spiro atoms. The van der Waals surface area contributed by atoms with E-state index >= 15 is 0 Å². The molecule has 1 saturated heterocycles. The van der Waals surface area contributed by atoms with Gasteiger partial charge in [0.25, 0.3) is 0 Å². The van der Waals surface area contributed by atoms with Gasteiger partial charge in [0.1, 0.15) is 35.6 Å². The summed E-state index contributed by atoms with van der Waals surface area (Å²) in [5.74, 6) is -0.910. The maximum absolute atomic E-state index is 14.6. The van der Waals surface area contributed by atoms with E-state index in [0.29, 0.717) is 42.2 Å². The van der Waals surface area contributed by atoms with Crippen LogP contribution in [-0.2, 0) is 22.4 Å². The van der Waals surface area contributed by atoms with Crippen molar-refractivity contribution < 1.29 is 27.0 Å². The summed E-state index contributed by atoms with van der Waals surface area (Å²) in [6.07, 6.45) is 4.81. The van der Waals surface area contributed by atoms with E-state index in [-0.39, 0.29) is 18.3 Å². The summed E-state index contributed by atoms with van der Waals surface area (Å²) in [7, 11) is 0. The minimum atomic E-state index is -2.40. The first-order chi connectivity index (χ1) is 18.0. The van der Waals surface area contributed by atoms with Crippen molar-refractivity contribution in [3.63, 3.8) is 0 Å². The fourth-order valence-electron chi connectivity index (χ4n) is 4.21. The molecule has 2 N–H and O–H groups in total. The van der Waals surface area contributed by atoms with Crippen LogP contribution < -0.4 is 14.8 Å². The van der Waals surface area contributed by atoms with Gasteiger partial charge in [-0.2, -0.15) is 0 Å². The van der Waals surface area contributed by atoms with E-state index in [4.69, 9.17) is 9.47 Å². The van der Waals surface area contributed by atoms with Gasteiger partial charge in [-0.25, -0.2) is 18.5 Å². The first kappa shape index (κ1) is 25.4. The number of rotatable bonds is 9. The van der Waals surface area contributed by atoms with E-state index in [2.05, 4.69) is 20.0 Å². The number of morpholine rings is 1. The highest BCUT2D eigenvalue weighted by Gasteiger charge is 2.16. The van der Waals surface area contributed by atoms with Crippen molar-refractivity contribution in [1.29, 1.82) is 0 Å². The molecular formula is C25H24F2N5O4S-. The molecule has 0 bridgehead atoms. The molecule has 1 aliphatic heterocycles. The molecule has 1 aliphatic rings. The number of pyridine rings is 2. The van der Waals surface area contributed by atoms with Crippen LogP contribution in [0.25, 0.3) is 28.2 Å². The molecule has 0 saturated carbocycles. The molecule has 37 heavy (non-hydrogen) atoms. The zero-order valence-electron chi connectivity index (χ0n) is 19.7. The Morgan fingerprint density at radius 3 is 2.84 bits per heavy atom. The molecule has 12 heteroatoms. The third kappa shape index (κ3) is 6.17. The lowest BCUT2D eigenvalue weighted by Gasteiger charge is -2.23. The van der Waals surface area contributed by atoms with Crippen LogP contribution >= 0.6 is 0 Å². The Morgan fingerprint density at radius 1 is 1.19 bits per heavy atom. The highest BCUT2D eigenvalue weighted by Crippen LogP contribution is 2.30. The van der Waals surface area contributed by atoms with Crippen molar-refractivity contribution in [3.8, 4) is 28.3 Å². The van der Waals surface area contributed by atoms with E-state index in [0.717, 1.165) is 36.6 Å². The SMILES string of the molecule is O=S([O-])NCCc1cc(-c2ncc(F)cc2F)cc(-c2cnc3cc(OC[C@@H]4CNCCO4)ccn23)c1. The van der Waals surface area contributed by atoms with Gasteiger partial charge in [0.2, 0.25) is 0 Å². The highest BCUT2D eigenvalue weighted by molar-refractivity contribution is 7.77. The summed E-state index contributed by atoms with van der Waals surface area (Å²) < 4.78 is 65.5. The monoisotopic (exact) mass is 528 g/mol. The quantitative estimate of drug-likeness (QED) is 0.321. The Balaban J connectivity index is 1.46. The molecule has 4 aromatic rings. The molecule has 9 nitrogen and oxygen atoms in total. The Bertz CT molecular complexity index is 1430. The lowest BCUT2D eigenvalue weighted by molar-refractivity contribution is 0.000198. The van der Waals surface area contributed by atoms with Crippen molar-refractivity contribution in [3.05, 3.63) is 72.2 Å². The molecule has 0 amide bonds. The van der Waals surface area contributed by atoms with E-state index in [1.54, 1.807) is 18.3 Å². The normalized spacial score (nSPS) is 16.7. The number of hydrogen-bond donors (Lipinski definition) is 2. The van der Waals surface area contributed by atoms with Gasteiger partial charge in [-0.05, 0) is 36.2 Å². The molecule has 0 aliphatic carbocycles. The van der Waals surface area contributed by atoms with Gasteiger partial charge in [0.15, 0.2) is 5.82 Å². The number of hydrogen-bond acceptors (Lipinski definition) is 7. The van der Waals surface area contributed by atoms with Gasteiger partial charge in [-0.1, -0.05) is 0 Å². The van der Waals surface area contributed by atoms with Gasteiger partial charge in [-0.3, -0.25) is 13.6 Å².